The van der Waals surface area contributed by atoms with Crippen LogP contribution in [0.2, 0.25) is 0 Å². The first-order valence-corrected chi connectivity index (χ1v) is 40.6. The fourth-order valence-electron chi connectivity index (χ4n) is 17.4. The number of benzene rings is 25. The minimum atomic E-state index is -0.822. The van der Waals surface area contributed by atoms with E-state index in [1.807, 2.05) is 78.9 Å². The second-order valence-corrected chi connectivity index (χ2v) is 30.3. The van der Waals surface area contributed by atoms with Crippen molar-refractivity contribution < 1.29 is 65.8 Å². The number of rotatable bonds is 10. The van der Waals surface area contributed by atoms with Gasteiger partial charge in [0.05, 0.1) is 65.8 Å². The SMILES string of the molecule is [2H]c1c([2H])c(-c2c([2H])c([2H])c([2H])c3c([2H])c([2H])c([2H])c([2H])c23)c([2H])c([2H])c1-c1c2ccccc2c(-c2c([2H])c([2H])c3c([2H])c([2H])c([2H])c([2H])c3c2[2H])c2ccccc12.[2H]c1c([2H])c([2H])c2c(-c3ccc(-c4cccc5ccccc45)cc3)c3c([2H])c([2H])c([2H])c([2H])c3c(-c3ccc(-c4ccc5ccccc5c4)cc3)c2c1[2H].[2H]c1c([2H])c([2H])c2c([2H])c(-c3c4c([2H])c([2H])c([2H])c([2H])c4c(-c4cc(C)c(-c5c([2H])c([2H])c([2H])c6c([2H])c([2H])c([2H])c([2H])c56)c(C)c4)c4c([2H])c([2H])c([2H])c([2H])c34)c([2H])c([2H])c2c1[2H]. The Morgan fingerprint density at radius 2 is 0.461 bits per heavy atom. The maximum Gasteiger partial charge on any atom is 0.0636 e. The van der Waals surface area contributed by atoms with Gasteiger partial charge in [-0.3, -0.25) is 0 Å². The second-order valence-electron chi connectivity index (χ2n) is 30.3. The summed E-state index contributed by atoms with van der Waals surface area (Å²) in [4.78, 5) is 0. The van der Waals surface area contributed by atoms with Crippen LogP contribution >= 0.6 is 0 Å². The lowest BCUT2D eigenvalue weighted by atomic mass is 9.83. The summed E-state index contributed by atoms with van der Waals surface area (Å²) in [5, 5.41) is 2.33. The topological polar surface area (TPSA) is 0 Å². The lowest BCUT2D eigenvalue weighted by Gasteiger charge is -2.20. The van der Waals surface area contributed by atoms with Crippen LogP contribution in [0.4, 0.5) is 0 Å². The van der Waals surface area contributed by atoms with Crippen LogP contribution in [0.1, 0.15) is 76.9 Å². The van der Waals surface area contributed by atoms with Gasteiger partial charge in [-0.25, -0.2) is 0 Å². The zero-order valence-corrected chi connectivity index (χ0v) is 67.5. The van der Waals surface area contributed by atoms with Gasteiger partial charge in [0.15, 0.2) is 0 Å². The van der Waals surface area contributed by atoms with E-state index in [0.29, 0.717) is 43.8 Å². The average molecular weight is 1670 g/mol. The molecule has 0 aromatic heterocycles. The molecular weight excluding hydrogens is 1540 g/mol. The summed E-state index contributed by atoms with van der Waals surface area (Å²) in [7, 11) is 0. The third-order valence-electron chi connectivity index (χ3n) is 23.0. The van der Waals surface area contributed by atoms with E-state index in [4.69, 9.17) is 45.2 Å². The van der Waals surface area contributed by atoms with Crippen LogP contribution in [-0.2, 0) is 0 Å². The summed E-state index contributed by atoms with van der Waals surface area (Å²) in [6.07, 6.45) is 0. The average Bonchev–Trinajstić information content (AvgIpc) is 0.684. The van der Waals surface area contributed by atoms with Gasteiger partial charge in [-0.1, -0.05) is 466 Å². The van der Waals surface area contributed by atoms with E-state index in [-0.39, 0.29) is 134 Å². The number of fused-ring (bicyclic) bond motifs is 12. The quantitative estimate of drug-likeness (QED) is 0.120. The van der Waals surface area contributed by atoms with Crippen LogP contribution in [0.5, 0.6) is 0 Å². The first-order chi connectivity index (χ1) is 83.3. The molecule has 0 aliphatic carbocycles. The second kappa shape index (κ2) is 32.7. The van der Waals surface area contributed by atoms with Gasteiger partial charge in [-0.2, -0.15) is 0 Å². The van der Waals surface area contributed by atoms with Crippen LogP contribution in [0, 0.1) is 13.8 Å². The summed E-state index contributed by atoms with van der Waals surface area (Å²) in [6.45, 7) is 3.13. The Bertz CT molecular complexity index is 11500. The first-order valence-electron chi connectivity index (χ1n) is 64.6. The van der Waals surface area contributed by atoms with Gasteiger partial charge < -0.3 is 0 Å². The molecule has 25 rings (SSSR count). The molecule has 0 heterocycles. The predicted molar refractivity (Wildman–Crippen MR) is 553 cm³/mol. The van der Waals surface area contributed by atoms with Crippen molar-refractivity contribution in [2.45, 2.75) is 13.8 Å². The van der Waals surface area contributed by atoms with Crippen molar-refractivity contribution in [1.29, 1.82) is 0 Å². The molecule has 0 aliphatic heterocycles. The first kappa shape index (κ1) is 41.4. The Morgan fingerprint density at radius 3 is 0.945 bits per heavy atom. The Balaban J connectivity index is 0.000000140. The summed E-state index contributed by atoms with van der Waals surface area (Å²) in [6, 6.07) is 30.7. The fraction of sp³-hybridized carbons (Fsp3) is 0.0156. The number of hydrogen-bond acceptors (Lipinski definition) is 0. The van der Waals surface area contributed by atoms with E-state index < -0.39 is 320 Å². The molecule has 0 saturated carbocycles. The van der Waals surface area contributed by atoms with Gasteiger partial charge >= 0.3 is 0 Å². The normalized spacial score (nSPS) is 16.8. The zero-order valence-electron chi connectivity index (χ0n) is 115. The van der Waals surface area contributed by atoms with Crippen molar-refractivity contribution in [3.05, 3.63) is 495 Å². The van der Waals surface area contributed by atoms with Gasteiger partial charge in [-0.15, -0.1) is 0 Å². The molecule has 128 heavy (non-hydrogen) atoms. The van der Waals surface area contributed by atoms with Crippen LogP contribution in [0.3, 0.4) is 0 Å². The minimum Gasteiger partial charge on any atom is -0.0616 e. The molecule has 0 spiro atoms. The van der Waals surface area contributed by atoms with Gasteiger partial charge in [-0.05, 0) is 284 Å². The van der Waals surface area contributed by atoms with Crippen molar-refractivity contribution in [2.24, 2.45) is 0 Å². The van der Waals surface area contributed by atoms with E-state index in [1.54, 1.807) is 62.4 Å². The summed E-state index contributed by atoms with van der Waals surface area (Å²) in [5.41, 5.74) is 4.51. The van der Waals surface area contributed by atoms with Gasteiger partial charge in [0.2, 0.25) is 0 Å². The Hall–Kier alpha value is -16.4. The highest BCUT2D eigenvalue weighted by Crippen LogP contribution is 2.50. The van der Waals surface area contributed by atoms with Crippen molar-refractivity contribution in [1.82, 2.24) is 0 Å². The Morgan fingerprint density at radius 1 is 0.141 bits per heavy atom. The molecule has 25 aromatic carbocycles. The summed E-state index contributed by atoms with van der Waals surface area (Å²) >= 11 is 0. The number of hydrogen-bond donors (Lipinski definition) is 0. The van der Waals surface area contributed by atoms with Crippen molar-refractivity contribution in [2.75, 3.05) is 0 Å². The third-order valence-corrected chi connectivity index (χ3v) is 23.0. The number of aryl methyl sites for hydroxylation is 2. The van der Waals surface area contributed by atoms with E-state index >= 15 is 0 Å². The van der Waals surface area contributed by atoms with E-state index in [2.05, 4.69) is 54.6 Å². The molecule has 598 valence electrons. The van der Waals surface area contributed by atoms with Crippen LogP contribution < -0.4 is 0 Å². The minimum absolute atomic E-state index is 0.0927. The van der Waals surface area contributed by atoms with Crippen molar-refractivity contribution in [3.63, 3.8) is 0 Å². The van der Waals surface area contributed by atoms with E-state index in [9.17, 15) is 20.6 Å². The molecular formula is C128H86. The van der Waals surface area contributed by atoms with Crippen LogP contribution in [0.25, 0.3) is 241 Å². The van der Waals surface area contributed by atoms with Gasteiger partial charge in [0, 0.05) is 0 Å². The molecule has 0 heteroatoms. The monoisotopic (exact) mass is 1670 g/mol. The van der Waals surface area contributed by atoms with Crippen molar-refractivity contribution in [3.8, 4) is 111 Å². The molecule has 0 amide bonds. The molecule has 0 radical (unpaired) electrons. The smallest absolute Gasteiger partial charge is 0.0616 e. The summed E-state index contributed by atoms with van der Waals surface area (Å²) in [5.74, 6) is 0. The van der Waals surface area contributed by atoms with E-state index in [1.165, 1.54) is 12.1 Å². The van der Waals surface area contributed by atoms with Crippen LogP contribution in [-0.4, -0.2) is 0 Å². The molecule has 0 bridgehead atoms. The zero-order chi connectivity index (χ0) is 127. The molecule has 0 unspecified atom stereocenters. The molecule has 25 aromatic rings. The highest BCUT2D eigenvalue weighted by molar-refractivity contribution is 6.25. The maximum atomic E-state index is 9.42. The molecule has 0 saturated heterocycles. The van der Waals surface area contributed by atoms with Gasteiger partial charge in [0.25, 0.3) is 0 Å². The highest BCUT2D eigenvalue weighted by Gasteiger charge is 2.23. The molecule has 0 atom stereocenters. The maximum absolute atomic E-state index is 9.42. The largest absolute Gasteiger partial charge is 0.0636 e. The van der Waals surface area contributed by atoms with Gasteiger partial charge in [0.1, 0.15) is 0 Å². The lowest BCUT2D eigenvalue weighted by molar-refractivity contribution is 1.39. The summed E-state index contributed by atoms with van der Waals surface area (Å²) < 4.78 is 424. The standard InChI is InChI=1S/C46H30.C42H30.C40H26/c1-2-12-37-30-38(29-22-31(37)10-1)32-20-25-35(26-21-32)45-41-15-5-7-17-43(41)46(44-18-8-6-16-42(44)45)36-27-23-34(24-28-36)40-19-9-13-33-11-3-4-14-39(33)40;1-27-24-33(25-28(2)40(27)35-21-11-15-30-13-5-6-16-34(30)35)42-38-19-9-7-17-36(38)41(37-18-8-10-20-39(37)42)32-23-22-29-12-3-4-14-31(29)26-32;1-2-12-31-26-32(25-20-27(31)10-1)40-37-17-7-5-15-35(37)39(36-16-6-8-18-38(36)40)30-23-21-29(22-24-30)34-19-9-13-28-11-3-4-14-33(28)34/h1-30H;3-26H,1-2H3;1-26H/i5D,6D,7D,8D,15D,16D,17D,18D;3D,4D,5D,6D,7D,8D,9D,10D,11D,12D,13D,14D,15D,16D,17D,18D,19D,20D,21D,22D,23D,26D;1D,2D,3D,4D,9D,10D,11D,12D,13D,14D,19D,20D,21D,22D,23D,24D,25D,26D. The lowest BCUT2D eigenvalue weighted by Crippen LogP contribution is -1.94. The van der Waals surface area contributed by atoms with E-state index in [0.717, 1.165) is 43.8 Å². The third kappa shape index (κ3) is 13.8. The highest BCUT2D eigenvalue weighted by atomic mass is 14.3. The molecule has 0 N–H and O–H groups in total. The van der Waals surface area contributed by atoms with Crippen molar-refractivity contribution >= 4 is 129 Å². The fourth-order valence-corrected chi connectivity index (χ4v) is 17.4. The van der Waals surface area contributed by atoms with Crippen LogP contribution in [0.15, 0.2) is 484 Å². The Kier molecular flexibility index (Phi) is 10.6. The molecule has 0 fully saturated rings. The predicted octanol–water partition coefficient (Wildman–Crippen LogP) is 36.2. The molecule has 0 nitrogen and oxygen atoms in total. The molecule has 0 aliphatic rings. The Labute approximate surface area is 812 Å².